The van der Waals surface area contributed by atoms with Crippen molar-refractivity contribution in [3.05, 3.63) is 63.7 Å². The normalized spacial score (nSPS) is 10.6. The minimum absolute atomic E-state index is 0.218. The van der Waals surface area contributed by atoms with Crippen LogP contribution in [0.1, 0.15) is 21.7 Å². The molecule has 3 rings (SSSR count). The summed E-state index contributed by atoms with van der Waals surface area (Å²) in [6, 6.07) is 10.3. The lowest BCUT2D eigenvalue weighted by Crippen LogP contribution is -2.23. The van der Waals surface area contributed by atoms with E-state index in [-0.39, 0.29) is 11.5 Å². The number of amides is 1. The van der Waals surface area contributed by atoms with E-state index in [4.69, 9.17) is 9.47 Å². The molecule has 0 spiro atoms. The molecular formula is C19H19N3O4. The molecule has 2 N–H and O–H groups in total. The van der Waals surface area contributed by atoms with E-state index >= 15 is 0 Å². The van der Waals surface area contributed by atoms with Crippen LogP contribution in [0.3, 0.4) is 0 Å². The smallest absolute Gasteiger partial charge is 0.258 e. The van der Waals surface area contributed by atoms with Crippen LogP contribution in [0.15, 0.2) is 41.2 Å². The minimum Gasteiger partial charge on any atom is -0.493 e. The highest BCUT2D eigenvalue weighted by Gasteiger charge is 2.10. The van der Waals surface area contributed by atoms with Crippen LogP contribution in [-0.2, 0) is 6.54 Å². The van der Waals surface area contributed by atoms with Crippen LogP contribution >= 0.6 is 0 Å². The van der Waals surface area contributed by atoms with Crippen LogP contribution in [-0.4, -0.2) is 30.1 Å². The number of benzene rings is 2. The first kappa shape index (κ1) is 17.5. The number of aromatic nitrogens is 2. The number of carbonyl (C=O) groups excluding carboxylic acids is 1. The standard InChI is InChI=1S/C19H19N3O4/c1-11-21-15-9-13(5-6-14(15)19(24)22-11)18(23)20-10-12-4-7-16(25-2)17(8-12)26-3/h4-9H,10H2,1-3H3,(H,20,23)(H,21,22,24). The molecule has 134 valence electrons. The molecule has 1 aromatic heterocycles. The average Bonchev–Trinajstić information content (AvgIpc) is 2.65. The lowest BCUT2D eigenvalue weighted by atomic mass is 10.1. The van der Waals surface area contributed by atoms with Gasteiger partial charge in [0.2, 0.25) is 0 Å². The number of H-pyrrole nitrogens is 1. The van der Waals surface area contributed by atoms with Crippen LogP contribution in [0.5, 0.6) is 11.5 Å². The molecule has 7 heteroatoms. The SMILES string of the molecule is COc1ccc(CNC(=O)c2ccc3c(=O)[nH]c(C)nc3c2)cc1OC. The molecule has 7 nitrogen and oxygen atoms in total. The largest absolute Gasteiger partial charge is 0.493 e. The van der Waals surface area contributed by atoms with Gasteiger partial charge in [0.1, 0.15) is 5.82 Å². The molecule has 0 unspecified atom stereocenters. The molecule has 0 aliphatic heterocycles. The van der Waals surface area contributed by atoms with Gasteiger partial charge in [-0.1, -0.05) is 6.07 Å². The lowest BCUT2D eigenvalue weighted by molar-refractivity contribution is 0.0951. The molecule has 2 aromatic carbocycles. The van der Waals surface area contributed by atoms with Crippen LogP contribution in [0.4, 0.5) is 0 Å². The second-order valence-corrected chi connectivity index (χ2v) is 5.76. The second-order valence-electron chi connectivity index (χ2n) is 5.76. The van der Waals surface area contributed by atoms with E-state index < -0.39 is 0 Å². The summed E-state index contributed by atoms with van der Waals surface area (Å²) >= 11 is 0. The van der Waals surface area contributed by atoms with Gasteiger partial charge in [-0.15, -0.1) is 0 Å². The molecule has 0 saturated carbocycles. The number of hydrogen-bond acceptors (Lipinski definition) is 5. The first-order chi connectivity index (χ1) is 12.5. The Morgan fingerprint density at radius 3 is 2.62 bits per heavy atom. The van der Waals surface area contributed by atoms with E-state index in [0.29, 0.717) is 40.3 Å². The zero-order valence-electron chi connectivity index (χ0n) is 14.8. The van der Waals surface area contributed by atoms with E-state index in [1.165, 1.54) is 0 Å². The van der Waals surface area contributed by atoms with Crippen LogP contribution in [0.2, 0.25) is 0 Å². The Bertz CT molecular complexity index is 1030. The number of aryl methyl sites for hydroxylation is 1. The molecule has 0 bridgehead atoms. The Kier molecular flexibility index (Phi) is 4.88. The monoisotopic (exact) mass is 353 g/mol. The fraction of sp³-hybridized carbons (Fsp3) is 0.211. The van der Waals surface area contributed by atoms with Gasteiger partial charge in [-0.3, -0.25) is 9.59 Å². The van der Waals surface area contributed by atoms with Gasteiger partial charge >= 0.3 is 0 Å². The van der Waals surface area contributed by atoms with E-state index in [2.05, 4.69) is 15.3 Å². The Balaban J connectivity index is 1.78. The third-order valence-electron chi connectivity index (χ3n) is 3.99. The summed E-state index contributed by atoms with van der Waals surface area (Å²) in [5.74, 6) is 1.49. The van der Waals surface area contributed by atoms with Crippen LogP contribution in [0, 0.1) is 6.92 Å². The number of aromatic amines is 1. The van der Waals surface area contributed by atoms with E-state index in [0.717, 1.165) is 5.56 Å². The minimum atomic E-state index is -0.249. The van der Waals surface area contributed by atoms with Gasteiger partial charge in [-0.25, -0.2) is 4.98 Å². The lowest BCUT2D eigenvalue weighted by Gasteiger charge is -2.10. The highest BCUT2D eigenvalue weighted by atomic mass is 16.5. The van der Waals surface area contributed by atoms with E-state index in [9.17, 15) is 9.59 Å². The number of rotatable bonds is 5. The van der Waals surface area contributed by atoms with Gasteiger partial charge in [0.05, 0.1) is 25.1 Å². The van der Waals surface area contributed by atoms with Crippen molar-refractivity contribution >= 4 is 16.8 Å². The zero-order chi connectivity index (χ0) is 18.7. The number of ether oxygens (including phenoxy) is 2. The Morgan fingerprint density at radius 1 is 1.12 bits per heavy atom. The van der Waals surface area contributed by atoms with Crippen molar-refractivity contribution in [2.24, 2.45) is 0 Å². The number of nitrogens with one attached hydrogen (secondary N) is 2. The molecule has 26 heavy (non-hydrogen) atoms. The van der Waals surface area contributed by atoms with Gasteiger partial charge in [-0.2, -0.15) is 0 Å². The second kappa shape index (κ2) is 7.26. The molecule has 0 radical (unpaired) electrons. The molecule has 0 aliphatic rings. The maximum Gasteiger partial charge on any atom is 0.258 e. The van der Waals surface area contributed by atoms with E-state index in [1.54, 1.807) is 45.4 Å². The van der Waals surface area contributed by atoms with Gasteiger partial charge in [0.25, 0.3) is 11.5 Å². The molecule has 0 atom stereocenters. The van der Waals surface area contributed by atoms with Gasteiger partial charge in [0.15, 0.2) is 11.5 Å². The summed E-state index contributed by atoms with van der Waals surface area (Å²) in [5.41, 5.74) is 1.59. The third-order valence-corrected chi connectivity index (χ3v) is 3.99. The average molecular weight is 353 g/mol. The van der Waals surface area contributed by atoms with Crippen molar-refractivity contribution in [3.8, 4) is 11.5 Å². The van der Waals surface area contributed by atoms with Crippen molar-refractivity contribution in [1.29, 1.82) is 0 Å². The Labute approximate surface area is 150 Å². The summed E-state index contributed by atoms with van der Waals surface area (Å²) < 4.78 is 10.5. The first-order valence-corrected chi connectivity index (χ1v) is 8.01. The number of carbonyl (C=O) groups is 1. The topological polar surface area (TPSA) is 93.3 Å². The highest BCUT2D eigenvalue weighted by molar-refractivity contribution is 5.97. The van der Waals surface area contributed by atoms with Gasteiger partial charge in [0, 0.05) is 12.1 Å². The fourth-order valence-corrected chi connectivity index (χ4v) is 2.67. The summed E-state index contributed by atoms with van der Waals surface area (Å²) in [5, 5.41) is 3.30. The van der Waals surface area contributed by atoms with Gasteiger partial charge < -0.3 is 19.8 Å². The maximum atomic E-state index is 12.4. The molecule has 1 amide bonds. The molecular weight excluding hydrogens is 334 g/mol. The molecule has 0 saturated heterocycles. The predicted molar refractivity (Wildman–Crippen MR) is 97.8 cm³/mol. The number of fused-ring (bicyclic) bond motifs is 1. The maximum absolute atomic E-state index is 12.4. The first-order valence-electron chi connectivity index (χ1n) is 8.01. The van der Waals surface area contributed by atoms with Gasteiger partial charge in [-0.05, 0) is 42.8 Å². The van der Waals surface area contributed by atoms with E-state index in [1.807, 2.05) is 12.1 Å². The van der Waals surface area contributed by atoms with Crippen molar-refractivity contribution in [2.75, 3.05) is 14.2 Å². The molecule has 3 aromatic rings. The number of nitrogens with zero attached hydrogens (tertiary/aromatic N) is 1. The van der Waals surface area contributed by atoms with Crippen molar-refractivity contribution < 1.29 is 14.3 Å². The Hall–Kier alpha value is -3.35. The van der Waals surface area contributed by atoms with Crippen molar-refractivity contribution in [1.82, 2.24) is 15.3 Å². The van der Waals surface area contributed by atoms with Crippen LogP contribution in [0.25, 0.3) is 10.9 Å². The third kappa shape index (κ3) is 3.51. The number of hydrogen-bond donors (Lipinski definition) is 2. The molecule has 1 heterocycles. The quantitative estimate of drug-likeness (QED) is 0.733. The predicted octanol–water partition coefficient (Wildman–Crippen LogP) is 2.18. The summed E-state index contributed by atoms with van der Waals surface area (Å²) in [6.07, 6.45) is 0. The molecule has 0 aliphatic carbocycles. The van der Waals surface area contributed by atoms with Crippen molar-refractivity contribution in [3.63, 3.8) is 0 Å². The zero-order valence-corrected chi connectivity index (χ0v) is 14.8. The Morgan fingerprint density at radius 2 is 1.88 bits per heavy atom. The number of methoxy groups -OCH3 is 2. The molecule has 0 fully saturated rings. The summed E-state index contributed by atoms with van der Waals surface area (Å²) in [6.45, 7) is 2.03. The van der Waals surface area contributed by atoms with Crippen LogP contribution < -0.4 is 20.3 Å². The van der Waals surface area contributed by atoms with Crippen molar-refractivity contribution in [2.45, 2.75) is 13.5 Å². The summed E-state index contributed by atoms with van der Waals surface area (Å²) in [4.78, 5) is 31.2. The highest BCUT2D eigenvalue weighted by Crippen LogP contribution is 2.27. The summed E-state index contributed by atoms with van der Waals surface area (Å²) in [7, 11) is 3.13. The fourth-order valence-electron chi connectivity index (χ4n) is 2.67.